The van der Waals surface area contributed by atoms with Crippen LogP contribution in [0.3, 0.4) is 0 Å². The Kier molecular flexibility index (Phi) is 5.27. The van der Waals surface area contributed by atoms with E-state index in [9.17, 15) is 4.79 Å². The highest BCUT2D eigenvalue weighted by Crippen LogP contribution is 2.24. The molecule has 1 unspecified atom stereocenters. The molecule has 1 amide bonds. The first-order valence-corrected chi connectivity index (χ1v) is 7.62. The highest BCUT2D eigenvalue weighted by atomic mass is 32.2. The van der Waals surface area contributed by atoms with E-state index in [-0.39, 0.29) is 11.9 Å². The highest BCUT2D eigenvalue weighted by Gasteiger charge is 2.14. The van der Waals surface area contributed by atoms with Crippen LogP contribution in [0.1, 0.15) is 18.5 Å². The molecule has 0 aliphatic carbocycles. The van der Waals surface area contributed by atoms with E-state index in [0.717, 1.165) is 16.5 Å². The van der Waals surface area contributed by atoms with Crippen LogP contribution in [0.5, 0.6) is 5.75 Å². The summed E-state index contributed by atoms with van der Waals surface area (Å²) in [7, 11) is 3.54. The van der Waals surface area contributed by atoms with E-state index in [1.807, 2.05) is 49.0 Å². The minimum Gasteiger partial charge on any atom is -0.496 e. The number of hydrogen-bond donors (Lipinski definition) is 1. The molecule has 5 nitrogen and oxygen atoms in total. The summed E-state index contributed by atoms with van der Waals surface area (Å²) < 4.78 is 7.20. The molecule has 0 aliphatic heterocycles. The number of aryl methyl sites for hydroxylation is 1. The van der Waals surface area contributed by atoms with E-state index < -0.39 is 0 Å². The van der Waals surface area contributed by atoms with Crippen LogP contribution in [0.4, 0.5) is 0 Å². The summed E-state index contributed by atoms with van der Waals surface area (Å²) in [5.74, 6) is 1.09. The molecule has 0 bridgehead atoms. The van der Waals surface area contributed by atoms with Gasteiger partial charge in [-0.1, -0.05) is 30.0 Å². The van der Waals surface area contributed by atoms with E-state index in [0.29, 0.717) is 5.75 Å². The quantitative estimate of drug-likeness (QED) is 0.833. The molecular formula is C15H19N3O2S. The van der Waals surface area contributed by atoms with Crippen LogP contribution in [0.2, 0.25) is 0 Å². The van der Waals surface area contributed by atoms with Gasteiger partial charge in [0, 0.05) is 25.0 Å². The molecule has 0 fully saturated rings. The molecule has 112 valence electrons. The zero-order valence-corrected chi connectivity index (χ0v) is 13.2. The predicted octanol–water partition coefficient (Wildman–Crippen LogP) is 2.40. The lowest BCUT2D eigenvalue weighted by Crippen LogP contribution is -2.28. The lowest BCUT2D eigenvalue weighted by atomic mass is 10.1. The van der Waals surface area contributed by atoms with Gasteiger partial charge in [-0.15, -0.1) is 0 Å². The number of para-hydroxylation sites is 1. The maximum Gasteiger partial charge on any atom is 0.230 e. The van der Waals surface area contributed by atoms with Crippen LogP contribution in [0.15, 0.2) is 41.8 Å². The molecule has 0 aliphatic rings. The number of carbonyl (C=O) groups excluding carboxylic acids is 1. The Morgan fingerprint density at radius 3 is 2.90 bits per heavy atom. The summed E-state index contributed by atoms with van der Waals surface area (Å²) in [5.41, 5.74) is 0.968. The molecule has 0 spiro atoms. The Morgan fingerprint density at radius 1 is 1.48 bits per heavy atom. The van der Waals surface area contributed by atoms with Crippen molar-refractivity contribution in [1.29, 1.82) is 0 Å². The Bertz CT molecular complexity index is 612. The van der Waals surface area contributed by atoms with Gasteiger partial charge in [0.1, 0.15) is 5.75 Å². The number of imidazole rings is 1. The van der Waals surface area contributed by atoms with Gasteiger partial charge < -0.3 is 14.6 Å². The molecule has 1 aromatic heterocycles. The number of carbonyl (C=O) groups is 1. The summed E-state index contributed by atoms with van der Waals surface area (Å²) in [6.45, 7) is 1.95. The number of benzene rings is 1. The van der Waals surface area contributed by atoms with Crippen molar-refractivity contribution in [3.05, 3.63) is 42.2 Å². The number of amides is 1. The van der Waals surface area contributed by atoms with Gasteiger partial charge in [0.05, 0.1) is 18.9 Å². The van der Waals surface area contributed by atoms with Crippen molar-refractivity contribution in [2.24, 2.45) is 7.05 Å². The average Bonchev–Trinajstić information content (AvgIpc) is 2.90. The second-order valence-corrected chi connectivity index (χ2v) is 5.58. The third-order valence-electron chi connectivity index (χ3n) is 3.09. The molecule has 2 aromatic rings. The maximum absolute atomic E-state index is 12.0. The topological polar surface area (TPSA) is 56.1 Å². The van der Waals surface area contributed by atoms with E-state index in [2.05, 4.69) is 10.3 Å². The molecule has 21 heavy (non-hydrogen) atoms. The second kappa shape index (κ2) is 7.17. The Morgan fingerprint density at radius 2 is 2.24 bits per heavy atom. The van der Waals surface area contributed by atoms with Crippen LogP contribution in [0.25, 0.3) is 0 Å². The van der Waals surface area contributed by atoms with Crippen molar-refractivity contribution in [3.8, 4) is 5.75 Å². The van der Waals surface area contributed by atoms with E-state index in [1.165, 1.54) is 11.8 Å². The van der Waals surface area contributed by atoms with Crippen molar-refractivity contribution >= 4 is 17.7 Å². The third-order valence-corrected chi connectivity index (χ3v) is 4.15. The van der Waals surface area contributed by atoms with Gasteiger partial charge in [-0.25, -0.2) is 4.98 Å². The second-order valence-electron chi connectivity index (χ2n) is 4.64. The van der Waals surface area contributed by atoms with E-state index >= 15 is 0 Å². The fourth-order valence-corrected chi connectivity index (χ4v) is 2.75. The normalized spacial score (nSPS) is 12.0. The number of hydrogen-bond acceptors (Lipinski definition) is 4. The lowest BCUT2D eigenvalue weighted by molar-refractivity contribution is -0.119. The molecule has 0 radical (unpaired) electrons. The number of aromatic nitrogens is 2. The predicted molar refractivity (Wildman–Crippen MR) is 83.5 cm³/mol. The Labute approximate surface area is 128 Å². The van der Waals surface area contributed by atoms with Crippen LogP contribution >= 0.6 is 11.8 Å². The minimum absolute atomic E-state index is 0.0265. The highest BCUT2D eigenvalue weighted by molar-refractivity contribution is 7.99. The standard InChI is InChI=1S/C15H19N3O2S/c1-11(12-6-4-5-7-13(12)20-3)17-14(19)10-21-15-16-8-9-18(15)2/h4-9,11H,10H2,1-3H3,(H,17,19). The molecule has 6 heteroatoms. The van der Waals surface area contributed by atoms with E-state index in [4.69, 9.17) is 4.74 Å². The summed E-state index contributed by atoms with van der Waals surface area (Å²) >= 11 is 1.42. The van der Waals surface area contributed by atoms with Crippen molar-refractivity contribution < 1.29 is 9.53 Å². The van der Waals surface area contributed by atoms with Gasteiger partial charge in [0.25, 0.3) is 0 Å². The first-order chi connectivity index (χ1) is 10.1. The first kappa shape index (κ1) is 15.4. The number of methoxy groups -OCH3 is 1. The van der Waals surface area contributed by atoms with Crippen molar-refractivity contribution in [2.75, 3.05) is 12.9 Å². The number of thioether (sulfide) groups is 1. The molecule has 1 N–H and O–H groups in total. The third kappa shape index (κ3) is 4.01. The SMILES string of the molecule is COc1ccccc1C(C)NC(=O)CSc1nccn1C. The first-order valence-electron chi connectivity index (χ1n) is 6.64. The summed E-state index contributed by atoms with van der Waals surface area (Å²) in [6.07, 6.45) is 3.58. The number of ether oxygens (including phenoxy) is 1. The molecule has 1 atom stereocenters. The zero-order valence-electron chi connectivity index (χ0n) is 12.4. The summed E-state index contributed by atoms with van der Waals surface area (Å²) in [6, 6.07) is 7.59. The molecule has 1 heterocycles. The zero-order chi connectivity index (χ0) is 15.2. The smallest absolute Gasteiger partial charge is 0.230 e. The summed E-state index contributed by atoms with van der Waals surface area (Å²) in [5, 5.41) is 3.80. The molecule has 1 aromatic carbocycles. The van der Waals surface area contributed by atoms with Crippen LogP contribution < -0.4 is 10.1 Å². The number of rotatable bonds is 6. The van der Waals surface area contributed by atoms with Gasteiger partial charge in [0.2, 0.25) is 5.91 Å². The Hall–Kier alpha value is -1.95. The number of nitrogens with one attached hydrogen (secondary N) is 1. The maximum atomic E-state index is 12.0. The Balaban J connectivity index is 1.91. The van der Waals surface area contributed by atoms with Gasteiger partial charge in [-0.2, -0.15) is 0 Å². The molecular weight excluding hydrogens is 286 g/mol. The summed E-state index contributed by atoms with van der Waals surface area (Å²) in [4.78, 5) is 16.2. The van der Waals surface area contributed by atoms with Crippen LogP contribution in [0, 0.1) is 0 Å². The van der Waals surface area contributed by atoms with Crippen LogP contribution in [-0.4, -0.2) is 28.3 Å². The fourth-order valence-electron chi connectivity index (χ4n) is 2.01. The van der Waals surface area contributed by atoms with E-state index in [1.54, 1.807) is 13.3 Å². The number of nitrogens with zero attached hydrogens (tertiary/aromatic N) is 2. The molecule has 0 saturated carbocycles. The van der Waals surface area contributed by atoms with Gasteiger partial charge in [0.15, 0.2) is 5.16 Å². The average molecular weight is 305 g/mol. The van der Waals surface area contributed by atoms with Crippen molar-refractivity contribution in [3.63, 3.8) is 0 Å². The fraction of sp³-hybridized carbons (Fsp3) is 0.333. The minimum atomic E-state index is -0.101. The molecule has 2 rings (SSSR count). The van der Waals surface area contributed by atoms with Gasteiger partial charge >= 0.3 is 0 Å². The monoisotopic (exact) mass is 305 g/mol. The molecule has 0 saturated heterocycles. The van der Waals surface area contributed by atoms with Crippen molar-refractivity contribution in [2.45, 2.75) is 18.1 Å². The van der Waals surface area contributed by atoms with Crippen LogP contribution in [-0.2, 0) is 11.8 Å². The van der Waals surface area contributed by atoms with Gasteiger partial charge in [-0.3, -0.25) is 4.79 Å². The lowest BCUT2D eigenvalue weighted by Gasteiger charge is -2.17. The largest absolute Gasteiger partial charge is 0.496 e. The van der Waals surface area contributed by atoms with Gasteiger partial charge in [-0.05, 0) is 13.0 Å². The van der Waals surface area contributed by atoms with Crippen molar-refractivity contribution in [1.82, 2.24) is 14.9 Å².